The summed E-state index contributed by atoms with van der Waals surface area (Å²) < 4.78 is 8.08. The van der Waals surface area contributed by atoms with Crippen molar-refractivity contribution in [3.05, 3.63) is 77.4 Å². The van der Waals surface area contributed by atoms with Gasteiger partial charge in [0.05, 0.1) is 29.2 Å². The van der Waals surface area contributed by atoms with Crippen LogP contribution in [0.5, 0.6) is 11.5 Å². The van der Waals surface area contributed by atoms with Crippen LogP contribution in [-0.4, -0.2) is 40.0 Å². The van der Waals surface area contributed by atoms with Crippen LogP contribution in [-0.2, 0) is 22.8 Å². The molecule has 3 N–H and O–H groups in total. The van der Waals surface area contributed by atoms with E-state index in [1.807, 2.05) is 57.1 Å². The quantitative estimate of drug-likeness (QED) is 0.486. The number of nitrogens with one attached hydrogen (secondary N) is 1. The first kappa shape index (κ1) is 26.7. The molecule has 0 aliphatic carbocycles. The molecule has 38 heavy (non-hydrogen) atoms. The topological polar surface area (TPSA) is 126 Å². The van der Waals surface area contributed by atoms with Crippen LogP contribution in [0.15, 0.2) is 55.0 Å². The highest BCUT2D eigenvalue weighted by Gasteiger charge is 2.41. The number of ether oxygens (including phenoxy) is 1. The molecule has 1 aliphatic heterocycles. The van der Waals surface area contributed by atoms with Crippen LogP contribution in [0, 0.1) is 11.3 Å². The van der Waals surface area contributed by atoms with Gasteiger partial charge in [0.1, 0.15) is 23.1 Å². The maximum Gasteiger partial charge on any atom is 0.313 e. The Hall–Kier alpha value is -4.32. The number of amides is 3. The number of primary amides is 1. The van der Waals surface area contributed by atoms with Crippen molar-refractivity contribution < 1.29 is 14.3 Å². The van der Waals surface area contributed by atoms with Crippen LogP contribution >= 0.6 is 0 Å². The van der Waals surface area contributed by atoms with Gasteiger partial charge in [-0.15, -0.1) is 0 Å². The summed E-state index contributed by atoms with van der Waals surface area (Å²) in [6.45, 7) is 4.62. The summed E-state index contributed by atoms with van der Waals surface area (Å²) in [6.07, 6.45) is 6.70. The van der Waals surface area contributed by atoms with E-state index >= 15 is 0 Å². The molecule has 0 saturated carbocycles. The number of hydrogen-bond donors (Lipinski definition) is 2. The van der Waals surface area contributed by atoms with Crippen molar-refractivity contribution in [2.75, 3.05) is 13.6 Å². The van der Waals surface area contributed by atoms with Crippen LogP contribution < -0.4 is 15.8 Å². The average Bonchev–Trinajstić information content (AvgIpc) is 3.28. The van der Waals surface area contributed by atoms with Crippen molar-refractivity contribution in [3.8, 4) is 17.6 Å². The molecule has 0 spiro atoms. The number of carbonyl (C=O) groups is 2. The van der Waals surface area contributed by atoms with Crippen molar-refractivity contribution in [1.29, 1.82) is 5.26 Å². The Labute approximate surface area is 223 Å². The summed E-state index contributed by atoms with van der Waals surface area (Å²) in [7, 11) is 3.69. The molecule has 3 aromatic rings. The van der Waals surface area contributed by atoms with Crippen LogP contribution in [0.1, 0.15) is 61.9 Å². The van der Waals surface area contributed by atoms with Crippen molar-refractivity contribution in [3.63, 3.8) is 0 Å². The van der Waals surface area contributed by atoms with Gasteiger partial charge in [0.25, 0.3) is 0 Å². The Morgan fingerprint density at radius 3 is 2.71 bits per heavy atom. The number of aryl methyl sites for hydroxylation is 1. The largest absolute Gasteiger partial charge is 0.456 e. The van der Waals surface area contributed by atoms with Gasteiger partial charge in [0.2, 0.25) is 5.91 Å². The molecule has 0 bridgehead atoms. The van der Waals surface area contributed by atoms with Crippen molar-refractivity contribution >= 4 is 11.9 Å². The van der Waals surface area contributed by atoms with Crippen molar-refractivity contribution in [2.24, 2.45) is 12.8 Å². The van der Waals surface area contributed by atoms with Crippen LogP contribution in [0.2, 0.25) is 0 Å². The van der Waals surface area contributed by atoms with E-state index < -0.39 is 17.0 Å². The number of nitrogens with zero attached hydrogens (tertiary/aromatic N) is 4. The van der Waals surface area contributed by atoms with Gasteiger partial charge in [-0.05, 0) is 61.6 Å². The predicted molar refractivity (Wildman–Crippen MR) is 144 cm³/mol. The second kappa shape index (κ2) is 10.6. The Bertz CT molecular complexity index is 1390. The Morgan fingerprint density at radius 2 is 2.05 bits per heavy atom. The molecule has 0 radical (unpaired) electrons. The summed E-state index contributed by atoms with van der Waals surface area (Å²) in [6, 6.07) is 14.2. The molecule has 198 valence electrons. The smallest absolute Gasteiger partial charge is 0.313 e. The zero-order valence-electron chi connectivity index (χ0n) is 22.3. The minimum Gasteiger partial charge on any atom is -0.456 e. The van der Waals surface area contributed by atoms with E-state index in [1.54, 1.807) is 35.3 Å². The number of nitrogens with two attached hydrogens (primary N) is 1. The van der Waals surface area contributed by atoms with Gasteiger partial charge in [-0.1, -0.05) is 31.5 Å². The summed E-state index contributed by atoms with van der Waals surface area (Å²) in [5.74, 6) is 0.976. The lowest BCUT2D eigenvalue weighted by molar-refractivity contribution is -0.135. The molecule has 2 aromatic carbocycles. The number of hydrogen-bond acceptors (Lipinski definition) is 5. The molecule has 2 atom stereocenters. The highest BCUT2D eigenvalue weighted by molar-refractivity contribution is 5.88. The SMILES string of the molecule is CC[C@]1(c2cccc(Oc3cc(C(C)(NC(N)=O)c4cncn4C)ccc3C#N)c2)CCCCN(C)C1=O. The van der Waals surface area contributed by atoms with Crippen LogP contribution in [0.25, 0.3) is 0 Å². The molecule has 4 rings (SSSR count). The van der Waals surface area contributed by atoms with E-state index in [0.29, 0.717) is 34.7 Å². The second-order valence-electron chi connectivity index (χ2n) is 10.1. The molecule has 1 aromatic heterocycles. The maximum atomic E-state index is 13.4. The third-order valence-corrected chi connectivity index (χ3v) is 7.70. The first-order valence-corrected chi connectivity index (χ1v) is 12.8. The number of rotatable bonds is 7. The molecule has 1 unspecified atom stereocenters. The Kier molecular flexibility index (Phi) is 7.44. The average molecular weight is 515 g/mol. The Morgan fingerprint density at radius 1 is 1.26 bits per heavy atom. The number of urea groups is 1. The molecule has 9 heteroatoms. The fourth-order valence-electron chi connectivity index (χ4n) is 5.51. The van der Waals surface area contributed by atoms with E-state index in [2.05, 4.69) is 16.4 Å². The second-order valence-corrected chi connectivity index (χ2v) is 10.1. The fourth-order valence-corrected chi connectivity index (χ4v) is 5.51. The first-order valence-electron chi connectivity index (χ1n) is 12.8. The predicted octanol–water partition coefficient (Wildman–Crippen LogP) is 4.31. The minimum absolute atomic E-state index is 0.124. The molecule has 2 heterocycles. The van der Waals surface area contributed by atoms with E-state index in [1.165, 1.54) is 0 Å². The molecular weight excluding hydrogens is 480 g/mol. The molecule has 9 nitrogen and oxygen atoms in total. The van der Waals surface area contributed by atoms with Gasteiger partial charge in [0.15, 0.2) is 0 Å². The minimum atomic E-state index is -1.03. The maximum absolute atomic E-state index is 13.4. The standard InChI is InChI=1S/C29H34N6O3/c1-5-29(13-6-7-14-34(3)26(29)36)22-9-8-10-23(15-22)38-24-16-21(12-11-20(24)17-30)28(2,33-27(31)37)25-18-32-19-35(25)4/h8-12,15-16,18-19H,5-7,13-14H2,1-4H3,(H3,31,33,37)/t28?,29-/m1/s1. The molecular formula is C29H34N6O3. The normalized spacial score (nSPS) is 19.2. The number of likely N-dealkylation sites (tertiary alicyclic amines) is 1. The fraction of sp³-hybridized carbons (Fsp3) is 0.379. The zero-order valence-corrected chi connectivity index (χ0v) is 22.3. The van der Waals surface area contributed by atoms with Gasteiger partial charge >= 0.3 is 6.03 Å². The van der Waals surface area contributed by atoms with Crippen LogP contribution in [0.3, 0.4) is 0 Å². The van der Waals surface area contributed by atoms with E-state index in [9.17, 15) is 14.9 Å². The number of likely N-dealkylation sites (N-methyl/N-ethyl adjacent to an activating group) is 1. The van der Waals surface area contributed by atoms with E-state index in [-0.39, 0.29) is 5.91 Å². The van der Waals surface area contributed by atoms with Gasteiger partial charge in [-0.2, -0.15) is 5.26 Å². The lowest BCUT2D eigenvalue weighted by Gasteiger charge is -2.33. The number of aromatic nitrogens is 2. The third kappa shape index (κ3) is 4.82. The summed E-state index contributed by atoms with van der Waals surface area (Å²) in [5.41, 5.74) is 6.49. The summed E-state index contributed by atoms with van der Waals surface area (Å²) in [4.78, 5) is 31.4. The highest BCUT2D eigenvalue weighted by Crippen LogP contribution is 2.40. The summed E-state index contributed by atoms with van der Waals surface area (Å²) >= 11 is 0. The van der Waals surface area contributed by atoms with Crippen molar-refractivity contribution in [1.82, 2.24) is 19.8 Å². The lowest BCUT2D eigenvalue weighted by Crippen LogP contribution is -2.47. The lowest BCUT2D eigenvalue weighted by atomic mass is 9.73. The number of imidazole rings is 1. The molecule has 1 saturated heterocycles. The number of carbonyl (C=O) groups excluding carboxylic acids is 2. The van der Waals surface area contributed by atoms with E-state index in [4.69, 9.17) is 10.5 Å². The first-order chi connectivity index (χ1) is 18.1. The monoisotopic (exact) mass is 514 g/mol. The molecule has 1 aliphatic rings. The number of nitriles is 1. The van der Waals surface area contributed by atoms with E-state index in [0.717, 1.165) is 31.4 Å². The summed E-state index contributed by atoms with van der Waals surface area (Å²) in [5, 5.41) is 12.6. The zero-order chi connectivity index (χ0) is 27.5. The van der Waals surface area contributed by atoms with Gasteiger partial charge in [-0.3, -0.25) is 4.79 Å². The number of benzene rings is 2. The Balaban J connectivity index is 1.76. The third-order valence-electron chi connectivity index (χ3n) is 7.70. The van der Waals surface area contributed by atoms with Crippen molar-refractivity contribution in [2.45, 2.75) is 50.5 Å². The highest BCUT2D eigenvalue weighted by atomic mass is 16.5. The molecule has 3 amide bonds. The van der Waals surface area contributed by atoms with Gasteiger partial charge < -0.3 is 25.3 Å². The van der Waals surface area contributed by atoms with Gasteiger partial charge in [-0.25, -0.2) is 9.78 Å². The molecule has 1 fully saturated rings. The van der Waals surface area contributed by atoms with Crippen LogP contribution in [0.4, 0.5) is 4.79 Å². The van der Waals surface area contributed by atoms with Gasteiger partial charge in [0, 0.05) is 20.6 Å².